The molecule has 20 heavy (non-hydrogen) atoms. The summed E-state index contributed by atoms with van der Waals surface area (Å²) in [5.74, 6) is 0.0612. The molecule has 4 nitrogen and oxygen atoms in total. The maximum Gasteiger partial charge on any atom is 0.225 e. The third-order valence-electron chi connectivity index (χ3n) is 4.38. The van der Waals surface area contributed by atoms with E-state index >= 15 is 0 Å². The van der Waals surface area contributed by atoms with Crippen LogP contribution in [0.3, 0.4) is 0 Å². The highest BCUT2D eigenvalue weighted by Gasteiger charge is 2.33. The zero-order valence-corrected chi connectivity index (χ0v) is 12.5. The predicted molar refractivity (Wildman–Crippen MR) is 81.5 cm³/mol. The number of nitrogens with zero attached hydrogens (tertiary/aromatic N) is 1. The minimum absolute atomic E-state index is 0.00830. The second-order valence-corrected chi connectivity index (χ2v) is 6.08. The molecule has 1 aliphatic rings. The van der Waals surface area contributed by atoms with Crippen molar-refractivity contribution in [1.82, 2.24) is 4.98 Å². The molecule has 1 aromatic heterocycles. The molecule has 1 aliphatic carbocycles. The molecule has 2 rings (SSSR count). The molecule has 0 aliphatic heterocycles. The molecule has 0 saturated heterocycles. The number of hydrogen-bond acceptors (Lipinski definition) is 3. The molecule has 1 aromatic rings. The van der Waals surface area contributed by atoms with Crippen LogP contribution in [0.1, 0.15) is 49.9 Å². The highest BCUT2D eigenvalue weighted by Crippen LogP contribution is 2.38. The maximum atomic E-state index is 12.3. The summed E-state index contributed by atoms with van der Waals surface area (Å²) in [5, 5.41) is 2.99. The second kappa shape index (κ2) is 6.35. The molecule has 0 bridgehead atoms. The van der Waals surface area contributed by atoms with Gasteiger partial charge >= 0.3 is 0 Å². The standard InChI is InChI=1S/C16H25N3O/c1-12-6-7-14(13(2)18-12)19-15(20)10-16(11-17)8-4-3-5-9-16/h6-7H,3-5,8-11,17H2,1-2H3,(H,19,20). The zero-order valence-electron chi connectivity index (χ0n) is 12.5. The van der Waals surface area contributed by atoms with Gasteiger partial charge in [0.05, 0.1) is 11.4 Å². The molecule has 4 heteroatoms. The van der Waals surface area contributed by atoms with Crippen LogP contribution < -0.4 is 11.1 Å². The highest BCUT2D eigenvalue weighted by atomic mass is 16.1. The van der Waals surface area contributed by atoms with Gasteiger partial charge < -0.3 is 11.1 Å². The number of carbonyl (C=O) groups is 1. The Hall–Kier alpha value is -1.42. The smallest absolute Gasteiger partial charge is 0.225 e. The SMILES string of the molecule is Cc1ccc(NC(=O)CC2(CN)CCCCC2)c(C)n1. The molecule has 0 aromatic carbocycles. The van der Waals surface area contributed by atoms with Crippen LogP contribution in [0.15, 0.2) is 12.1 Å². The normalized spacial score (nSPS) is 17.8. The number of carbonyl (C=O) groups excluding carboxylic acids is 1. The Balaban J connectivity index is 2.00. The Morgan fingerprint density at radius 1 is 1.30 bits per heavy atom. The Bertz CT molecular complexity index is 479. The van der Waals surface area contributed by atoms with E-state index in [1.165, 1.54) is 19.3 Å². The topological polar surface area (TPSA) is 68.0 Å². The number of amides is 1. The summed E-state index contributed by atoms with van der Waals surface area (Å²) in [6.45, 7) is 4.47. The van der Waals surface area contributed by atoms with Crippen molar-refractivity contribution in [3.8, 4) is 0 Å². The van der Waals surface area contributed by atoms with Gasteiger partial charge in [0, 0.05) is 12.1 Å². The number of nitrogens with two attached hydrogens (primary N) is 1. The van der Waals surface area contributed by atoms with Crippen molar-refractivity contribution in [3.05, 3.63) is 23.5 Å². The van der Waals surface area contributed by atoms with E-state index in [1.54, 1.807) is 0 Å². The number of rotatable bonds is 4. The van der Waals surface area contributed by atoms with Gasteiger partial charge in [0.1, 0.15) is 0 Å². The largest absolute Gasteiger partial charge is 0.330 e. The predicted octanol–water partition coefficient (Wildman–Crippen LogP) is 2.94. The molecule has 1 fully saturated rings. The fraction of sp³-hybridized carbons (Fsp3) is 0.625. The summed E-state index contributed by atoms with van der Waals surface area (Å²) < 4.78 is 0. The first kappa shape index (κ1) is 15.0. The first-order valence-electron chi connectivity index (χ1n) is 7.49. The maximum absolute atomic E-state index is 12.3. The van der Waals surface area contributed by atoms with Crippen LogP contribution in [0.25, 0.3) is 0 Å². The van der Waals surface area contributed by atoms with Gasteiger partial charge in [-0.05, 0) is 50.8 Å². The number of hydrogen-bond donors (Lipinski definition) is 2. The van der Waals surface area contributed by atoms with Crippen LogP contribution in [0, 0.1) is 19.3 Å². The number of aromatic nitrogens is 1. The van der Waals surface area contributed by atoms with E-state index in [-0.39, 0.29) is 11.3 Å². The third-order valence-corrected chi connectivity index (χ3v) is 4.38. The van der Waals surface area contributed by atoms with Crippen LogP contribution in [0.5, 0.6) is 0 Å². The molecular formula is C16H25N3O. The number of anilines is 1. The van der Waals surface area contributed by atoms with Crippen molar-refractivity contribution in [3.63, 3.8) is 0 Å². The summed E-state index contributed by atoms with van der Waals surface area (Å²) in [4.78, 5) is 16.7. The van der Waals surface area contributed by atoms with Crippen molar-refractivity contribution in [2.45, 2.75) is 52.4 Å². The van der Waals surface area contributed by atoms with E-state index in [2.05, 4.69) is 10.3 Å². The van der Waals surface area contributed by atoms with Crippen LogP contribution in [0.2, 0.25) is 0 Å². The average molecular weight is 275 g/mol. The fourth-order valence-corrected chi connectivity index (χ4v) is 3.11. The van der Waals surface area contributed by atoms with E-state index in [1.807, 2.05) is 26.0 Å². The van der Waals surface area contributed by atoms with Gasteiger partial charge in [-0.3, -0.25) is 9.78 Å². The van der Waals surface area contributed by atoms with Crippen molar-refractivity contribution in [2.24, 2.45) is 11.1 Å². The molecule has 1 saturated carbocycles. The molecule has 0 radical (unpaired) electrons. The Morgan fingerprint density at radius 2 is 2.00 bits per heavy atom. The minimum atomic E-state index is 0.00830. The highest BCUT2D eigenvalue weighted by molar-refractivity contribution is 5.91. The summed E-state index contributed by atoms with van der Waals surface area (Å²) in [6.07, 6.45) is 6.32. The first-order chi connectivity index (χ1) is 9.54. The molecule has 110 valence electrons. The van der Waals surface area contributed by atoms with Crippen LogP contribution >= 0.6 is 0 Å². The molecule has 0 atom stereocenters. The second-order valence-electron chi connectivity index (χ2n) is 6.08. The van der Waals surface area contributed by atoms with Gasteiger partial charge in [0.15, 0.2) is 0 Å². The number of pyridine rings is 1. The zero-order chi connectivity index (χ0) is 14.6. The molecule has 1 amide bonds. The number of nitrogens with one attached hydrogen (secondary N) is 1. The molecule has 3 N–H and O–H groups in total. The summed E-state index contributed by atoms with van der Waals surface area (Å²) in [7, 11) is 0. The van der Waals surface area contributed by atoms with Crippen LogP contribution in [-0.4, -0.2) is 17.4 Å². The Labute approximate surface area is 121 Å². The van der Waals surface area contributed by atoms with Crippen molar-refractivity contribution in [1.29, 1.82) is 0 Å². The van der Waals surface area contributed by atoms with Gasteiger partial charge in [0.25, 0.3) is 0 Å². The summed E-state index contributed by atoms with van der Waals surface area (Å²) in [6, 6.07) is 3.84. The van der Waals surface area contributed by atoms with E-state index in [0.29, 0.717) is 13.0 Å². The lowest BCUT2D eigenvalue weighted by atomic mass is 9.71. The lowest BCUT2D eigenvalue weighted by molar-refractivity contribution is -0.118. The third kappa shape index (κ3) is 3.57. The monoisotopic (exact) mass is 275 g/mol. The van der Waals surface area contributed by atoms with Crippen LogP contribution in [-0.2, 0) is 4.79 Å². The van der Waals surface area contributed by atoms with Crippen molar-refractivity contribution >= 4 is 11.6 Å². The lowest BCUT2D eigenvalue weighted by Gasteiger charge is -2.35. The van der Waals surface area contributed by atoms with Gasteiger partial charge in [-0.25, -0.2) is 0 Å². The Kier molecular flexibility index (Phi) is 4.76. The Morgan fingerprint density at radius 3 is 2.60 bits per heavy atom. The van der Waals surface area contributed by atoms with Crippen LogP contribution in [0.4, 0.5) is 5.69 Å². The van der Waals surface area contributed by atoms with E-state index < -0.39 is 0 Å². The molecule has 0 spiro atoms. The van der Waals surface area contributed by atoms with Crippen molar-refractivity contribution in [2.75, 3.05) is 11.9 Å². The van der Waals surface area contributed by atoms with Crippen molar-refractivity contribution < 1.29 is 4.79 Å². The molecule has 0 unspecified atom stereocenters. The first-order valence-corrected chi connectivity index (χ1v) is 7.49. The number of aryl methyl sites for hydroxylation is 2. The quantitative estimate of drug-likeness (QED) is 0.887. The minimum Gasteiger partial charge on any atom is -0.330 e. The van der Waals surface area contributed by atoms with E-state index in [4.69, 9.17) is 5.73 Å². The van der Waals surface area contributed by atoms with Gasteiger partial charge in [-0.15, -0.1) is 0 Å². The fourth-order valence-electron chi connectivity index (χ4n) is 3.11. The molecule has 1 heterocycles. The van der Waals surface area contributed by atoms with E-state index in [9.17, 15) is 4.79 Å². The summed E-state index contributed by atoms with van der Waals surface area (Å²) >= 11 is 0. The van der Waals surface area contributed by atoms with Gasteiger partial charge in [-0.2, -0.15) is 0 Å². The van der Waals surface area contributed by atoms with E-state index in [0.717, 1.165) is 29.9 Å². The summed E-state index contributed by atoms with van der Waals surface area (Å²) in [5.41, 5.74) is 8.58. The van der Waals surface area contributed by atoms with Gasteiger partial charge in [0.2, 0.25) is 5.91 Å². The lowest BCUT2D eigenvalue weighted by Crippen LogP contribution is -2.36. The molecular weight excluding hydrogens is 250 g/mol. The average Bonchev–Trinajstić information content (AvgIpc) is 2.43. The van der Waals surface area contributed by atoms with Gasteiger partial charge in [-0.1, -0.05) is 19.3 Å².